The minimum absolute atomic E-state index is 0.592. The number of aromatic nitrogens is 7. The van der Waals surface area contributed by atoms with E-state index in [9.17, 15) is 0 Å². The number of fused-ring (bicyclic) bond motifs is 1. The second-order valence-corrected chi connectivity index (χ2v) is 6.41. The van der Waals surface area contributed by atoms with Gasteiger partial charge in [0.25, 0.3) is 0 Å². The molecule has 0 amide bonds. The molecule has 1 fully saturated rings. The summed E-state index contributed by atoms with van der Waals surface area (Å²) in [6, 6.07) is 10.6. The van der Waals surface area contributed by atoms with Crippen molar-refractivity contribution >= 4 is 16.9 Å². The van der Waals surface area contributed by atoms with Gasteiger partial charge < -0.3 is 9.88 Å². The molecule has 8 nitrogen and oxygen atoms in total. The summed E-state index contributed by atoms with van der Waals surface area (Å²) in [5.41, 5.74) is 1.76. The predicted octanol–water partition coefficient (Wildman–Crippen LogP) is 2.40. The molecule has 0 spiro atoms. The van der Waals surface area contributed by atoms with E-state index in [4.69, 9.17) is 0 Å². The molecule has 1 aliphatic carbocycles. The van der Waals surface area contributed by atoms with E-state index in [0.717, 1.165) is 41.3 Å². The van der Waals surface area contributed by atoms with Crippen molar-refractivity contribution in [1.29, 1.82) is 0 Å². The van der Waals surface area contributed by atoms with Gasteiger partial charge in [-0.05, 0) is 25.0 Å². The third kappa shape index (κ3) is 2.69. The van der Waals surface area contributed by atoms with Gasteiger partial charge in [0.2, 0.25) is 0 Å². The summed E-state index contributed by atoms with van der Waals surface area (Å²) >= 11 is 0. The first-order valence-electron chi connectivity index (χ1n) is 8.76. The first-order chi connectivity index (χ1) is 12.9. The van der Waals surface area contributed by atoms with Crippen LogP contribution in [-0.4, -0.2) is 41.1 Å². The third-order valence-electron chi connectivity index (χ3n) is 4.60. The molecule has 8 heteroatoms. The largest absolute Gasteiger partial charge is 0.369 e. The van der Waals surface area contributed by atoms with Crippen LogP contribution in [0.2, 0.25) is 0 Å². The van der Waals surface area contributed by atoms with Crippen LogP contribution in [0.25, 0.3) is 16.7 Å². The van der Waals surface area contributed by atoms with Gasteiger partial charge in [0.15, 0.2) is 5.65 Å². The van der Waals surface area contributed by atoms with Crippen molar-refractivity contribution in [1.82, 2.24) is 34.5 Å². The molecule has 4 aromatic rings. The predicted molar refractivity (Wildman–Crippen MR) is 97.1 cm³/mol. The number of anilines is 1. The fourth-order valence-electron chi connectivity index (χ4n) is 3.14. The molecular formula is C18H18N8. The maximum absolute atomic E-state index is 4.48. The maximum atomic E-state index is 4.48. The Bertz CT molecular complexity index is 1030. The van der Waals surface area contributed by atoms with E-state index in [1.54, 1.807) is 12.5 Å². The summed E-state index contributed by atoms with van der Waals surface area (Å²) in [5, 5.41) is 17.1. The maximum Gasteiger partial charge on any atom is 0.168 e. The van der Waals surface area contributed by atoms with Crippen LogP contribution in [0, 0.1) is 0 Å². The first-order valence-corrected chi connectivity index (χ1v) is 8.76. The van der Waals surface area contributed by atoms with Gasteiger partial charge in [0.05, 0.1) is 17.3 Å². The SMILES string of the molecule is c1ccc(-n2ncc3c(NCCc4nncn4C4CC4)ncnc32)cc1. The van der Waals surface area contributed by atoms with E-state index in [0.29, 0.717) is 6.04 Å². The summed E-state index contributed by atoms with van der Waals surface area (Å²) in [5.74, 6) is 1.81. The van der Waals surface area contributed by atoms with Crippen molar-refractivity contribution in [2.75, 3.05) is 11.9 Å². The molecule has 1 saturated carbocycles. The van der Waals surface area contributed by atoms with Crippen LogP contribution >= 0.6 is 0 Å². The topological polar surface area (TPSA) is 86.3 Å². The van der Waals surface area contributed by atoms with Gasteiger partial charge >= 0.3 is 0 Å². The zero-order valence-electron chi connectivity index (χ0n) is 14.2. The Balaban J connectivity index is 1.36. The fourth-order valence-corrected chi connectivity index (χ4v) is 3.14. The van der Waals surface area contributed by atoms with Gasteiger partial charge in [-0.3, -0.25) is 0 Å². The molecule has 3 heterocycles. The Labute approximate surface area is 149 Å². The van der Waals surface area contributed by atoms with Gasteiger partial charge in [-0.25, -0.2) is 14.6 Å². The molecule has 1 N–H and O–H groups in total. The zero-order chi connectivity index (χ0) is 17.3. The van der Waals surface area contributed by atoms with Crippen LogP contribution in [0.3, 0.4) is 0 Å². The van der Waals surface area contributed by atoms with Gasteiger partial charge in [-0.1, -0.05) is 18.2 Å². The highest BCUT2D eigenvalue weighted by atomic mass is 15.3. The molecule has 0 saturated heterocycles. The minimum Gasteiger partial charge on any atom is -0.369 e. The Morgan fingerprint density at radius 3 is 2.85 bits per heavy atom. The highest BCUT2D eigenvalue weighted by molar-refractivity contribution is 5.87. The van der Waals surface area contributed by atoms with Crippen molar-refractivity contribution in [2.24, 2.45) is 0 Å². The Morgan fingerprint density at radius 1 is 1.12 bits per heavy atom. The number of nitrogens with zero attached hydrogens (tertiary/aromatic N) is 7. The van der Waals surface area contributed by atoms with Gasteiger partial charge in [0, 0.05) is 19.0 Å². The first kappa shape index (κ1) is 15.0. The number of nitrogens with one attached hydrogen (secondary N) is 1. The molecule has 0 atom stereocenters. The monoisotopic (exact) mass is 346 g/mol. The number of hydrogen-bond acceptors (Lipinski definition) is 6. The average Bonchev–Trinajstić information content (AvgIpc) is 3.26. The molecule has 5 rings (SSSR count). The van der Waals surface area contributed by atoms with Crippen molar-refractivity contribution in [3.05, 3.63) is 55.0 Å². The van der Waals surface area contributed by atoms with Crippen molar-refractivity contribution in [2.45, 2.75) is 25.3 Å². The molecule has 0 radical (unpaired) electrons. The third-order valence-corrected chi connectivity index (χ3v) is 4.60. The molecule has 3 aromatic heterocycles. The molecular weight excluding hydrogens is 328 g/mol. The molecule has 0 unspecified atom stereocenters. The summed E-state index contributed by atoms with van der Waals surface area (Å²) in [6.45, 7) is 0.730. The summed E-state index contributed by atoms with van der Waals surface area (Å²) < 4.78 is 4.01. The molecule has 26 heavy (non-hydrogen) atoms. The van der Waals surface area contributed by atoms with Crippen molar-refractivity contribution < 1.29 is 0 Å². The summed E-state index contributed by atoms with van der Waals surface area (Å²) in [7, 11) is 0. The Kier molecular flexibility index (Phi) is 3.59. The highest BCUT2D eigenvalue weighted by Crippen LogP contribution is 2.35. The van der Waals surface area contributed by atoms with Crippen LogP contribution in [-0.2, 0) is 6.42 Å². The molecule has 0 aliphatic heterocycles. The number of rotatable bonds is 6. The molecule has 0 bridgehead atoms. The normalized spacial score (nSPS) is 14.0. The van der Waals surface area contributed by atoms with E-state index in [-0.39, 0.29) is 0 Å². The summed E-state index contributed by atoms with van der Waals surface area (Å²) in [6.07, 6.45) is 8.46. The minimum atomic E-state index is 0.592. The summed E-state index contributed by atoms with van der Waals surface area (Å²) in [4.78, 5) is 8.79. The zero-order valence-corrected chi connectivity index (χ0v) is 14.2. The highest BCUT2D eigenvalue weighted by Gasteiger charge is 2.25. The number of para-hydroxylation sites is 1. The van der Waals surface area contributed by atoms with E-state index in [1.807, 2.05) is 41.3 Å². The number of benzene rings is 1. The second-order valence-electron chi connectivity index (χ2n) is 6.41. The fraction of sp³-hybridized carbons (Fsp3) is 0.278. The lowest BCUT2D eigenvalue weighted by Crippen LogP contribution is -2.11. The van der Waals surface area contributed by atoms with Crippen LogP contribution in [0.15, 0.2) is 49.2 Å². The van der Waals surface area contributed by atoms with Crippen LogP contribution in [0.1, 0.15) is 24.7 Å². The van der Waals surface area contributed by atoms with Gasteiger partial charge in [-0.15, -0.1) is 10.2 Å². The van der Waals surface area contributed by atoms with Crippen molar-refractivity contribution in [3.8, 4) is 5.69 Å². The lowest BCUT2D eigenvalue weighted by molar-refractivity contribution is 0.681. The number of hydrogen-bond donors (Lipinski definition) is 1. The van der Waals surface area contributed by atoms with Gasteiger partial charge in [-0.2, -0.15) is 5.10 Å². The quantitative estimate of drug-likeness (QED) is 0.577. The van der Waals surface area contributed by atoms with Crippen LogP contribution < -0.4 is 5.32 Å². The molecule has 1 aromatic carbocycles. The van der Waals surface area contributed by atoms with Crippen LogP contribution in [0.5, 0.6) is 0 Å². The average molecular weight is 346 g/mol. The van der Waals surface area contributed by atoms with E-state index < -0.39 is 0 Å². The Hall–Kier alpha value is -3.29. The standard InChI is InChI=1S/C18H18N8/c1-2-4-14(5-3-1)26-18-15(10-23-26)17(20-11-21-18)19-9-8-16-24-22-12-25(16)13-6-7-13/h1-5,10-13H,6-9H2,(H,19,20,21). The van der Waals surface area contributed by atoms with Crippen molar-refractivity contribution in [3.63, 3.8) is 0 Å². The Morgan fingerprint density at radius 2 is 2.00 bits per heavy atom. The second kappa shape index (κ2) is 6.21. The van der Waals surface area contributed by atoms with Gasteiger partial charge in [0.1, 0.15) is 24.3 Å². The van der Waals surface area contributed by atoms with E-state index in [1.165, 1.54) is 12.8 Å². The smallest absolute Gasteiger partial charge is 0.168 e. The lowest BCUT2D eigenvalue weighted by Gasteiger charge is -2.08. The molecule has 1 aliphatic rings. The van der Waals surface area contributed by atoms with Crippen LogP contribution in [0.4, 0.5) is 5.82 Å². The lowest BCUT2D eigenvalue weighted by atomic mass is 10.3. The molecule has 130 valence electrons. The van der Waals surface area contributed by atoms with E-state index >= 15 is 0 Å². The van der Waals surface area contributed by atoms with E-state index in [2.05, 4.69) is 35.1 Å².